The van der Waals surface area contributed by atoms with Crippen molar-refractivity contribution >= 4 is 0 Å². The molecule has 1 aliphatic rings. The third-order valence-corrected chi connectivity index (χ3v) is 3.85. The van der Waals surface area contributed by atoms with Crippen LogP contribution in [0.5, 0.6) is 0 Å². The van der Waals surface area contributed by atoms with Gasteiger partial charge in [-0.25, -0.2) is 0 Å². The molecular formula is C19H35N. The van der Waals surface area contributed by atoms with E-state index >= 15 is 0 Å². The maximum atomic E-state index is 2.61. The normalized spacial score (nSPS) is 15.2. The van der Waals surface area contributed by atoms with E-state index in [1.165, 1.54) is 31.5 Å². The number of hydrogen-bond donors (Lipinski definition) is 0. The zero-order chi connectivity index (χ0) is 15.5. The van der Waals surface area contributed by atoms with Gasteiger partial charge in [0, 0.05) is 19.6 Å². The van der Waals surface area contributed by atoms with Gasteiger partial charge in [0.15, 0.2) is 0 Å². The lowest BCUT2D eigenvalue weighted by Crippen LogP contribution is -2.34. The Morgan fingerprint density at radius 3 is 2.40 bits per heavy atom. The number of benzene rings is 1. The summed E-state index contributed by atoms with van der Waals surface area (Å²) in [5, 5.41) is 0. The summed E-state index contributed by atoms with van der Waals surface area (Å²) < 4.78 is 0. The monoisotopic (exact) mass is 277 g/mol. The molecule has 1 unspecified atom stereocenters. The van der Waals surface area contributed by atoms with Crippen molar-refractivity contribution in [3.63, 3.8) is 0 Å². The summed E-state index contributed by atoms with van der Waals surface area (Å²) in [5.41, 5.74) is 4.62. The van der Waals surface area contributed by atoms with Crippen LogP contribution in [0.3, 0.4) is 0 Å². The lowest BCUT2D eigenvalue weighted by atomic mass is 9.94. The molecule has 0 aromatic heterocycles. The average Bonchev–Trinajstić information content (AvgIpc) is 2.51. The van der Waals surface area contributed by atoms with Crippen molar-refractivity contribution in [1.29, 1.82) is 0 Å². The fourth-order valence-electron chi connectivity index (χ4n) is 2.58. The molecular weight excluding hydrogens is 242 g/mol. The number of rotatable bonds is 3. The van der Waals surface area contributed by atoms with E-state index in [4.69, 9.17) is 0 Å². The first-order chi connectivity index (χ1) is 9.70. The van der Waals surface area contributed by atoms with Crippen LogP contribution < -0.4 is 0 Å². The molecule has 1 atom stereocenters. The van der Waals surface area contributed by atoms with E-state index in [0.717, 1.165) is 12.5 Å². The van der Waals surface area contributed by atoms with Crippen LogP contribution in [-0.2, 0) is 13.0 Å². The Hall–Kier alpha value is -0.820. The molecule has 20 heavy (non-hydrogen) atoms. The van der Waals surface area contributed by atoms with E-state index < -0.39 is 0 Å². The molecule has 0 radical (unpaired) electrons. The minimum atomic E-state index is 0.825. The van der Waals surface area contributed by atoms with Crippen LogP contribution in [0, 0.1) is 12.8 Å². The minimum absolute atomic E-state index is 0.825. The third kappa shape index (κ3) is 5.66. The molecule has 1 aromatic rings. The predicted molar refractivity (Wildman–Crippen MR) is 92.3 cm³/mol. The highest BCUT2D eigenvalue weighted by atomic mass is 15.1. The van der Waals surface area contributed by atoms with Crippen LogP contribution in [0.1, 0.15) is 64.7 Å². The summed E-state index contributed by atoms with van der Waals surface area (Å²) in [6.45, 7) is 18.5. The molecule has 1 aromatic carbocycles. The zero-order valence-corrected chi connectivity index (χ0v) is 14.8. The summed E-state index contributed by atoms with van der Waals surface area (Å²) in [7, 11) is 0. The maximum absolute atomic E-state index is 2.61. The highest BCUT2D eigenvalue weighted by molar-refractivity contribution is 5.36. The van der Waals surface area contributed by atoms with Crippen molar-refractivity contribution in [1.82, 2.24) is 4.90 Å². The second kappa shape index (κ2) is 10.9. The summed E-state index contributed by atoms with van der Waals surface area (Å²) >= 11 is 0. The summed E-state index contributed by atoms with van der Waals surface area (Å²) in [6, 6.07) is 6.73. The van der Waals surface area contributed by atoms with Gasteiger partial charge in [-0.3, -0.25) is 4.90 Å². The third-order valence-electron chi connectivity index (χ3n) is 3.85. The van der Waals surface area contributed by atoms with Gasteiger partial charge in [-0.1, -0.05) is 66.2 Å². The van der Waals surface area contributed by atoms with Gasteiger partial charge in [-0.05, 0) is 36.0 Å². The Balaban J connectivity index is 0.000000829. The first-order valence-electron chi connectivity index (χ1n) is 8.50. The second-order valence-electron chi connectivity index (χ2n) is 5.21. The number of hydrogen-bond acceptors (Lipinski definition) is 1. The fourth-order valence-corrected chi connectivity index (χ4v) is 2.58. The molecule has 0 saturated heterocycles. The highest BCUT2D eigenvalue weighted by Crippen LogP contribution is 2.22. The molecule has 0 bridgehead atoms. The van der Waals surface area contributed by atoms with Crippen molar-refractivity contribution in [2.24, 2.45) is 5.92 Å². The van der Waals surface area contributed by atoms with E-state index in [1.807, 2.05) is 27.7 Å². The summed E-state index contributed by atoms with van der Waals surface area (Å²) in [6.07, 6.45) is 2.52. The van der Waals surface area contributed by atoms with Crippen LogP contribution in [0.15, 0.2) is 18.2 Å². The van der Waals surface area contributed by atoms with Crippen LogP contribution in [0.2, 0.25) is 0 Å². The number of aryl methyl sites for hydroxylation is 1. The standard InChI is InChI=1S/C15H23N.2C2H6/c1-4-12(2)10-16-9-8-15-13(3)6-5-7-14(15)11-16;2*1-2/h5-7,12H,4,8-11H2,1-3H3;2*1-2H3. The topological polar surface area (TPSA) is 3.24 Å². The Morgan fingerprint density at radius 2 is 1.80 bits per heavy atom. The summed E-state index contributed by atoms with van der Waals surface area (Å²) in [5.74, 6) is 0.825. The molecule has 1 aliphatic heterocycles. The smallest absolute Gasteiger partial charge is 0.0236 e. The van der Waals surface area contributed by atoms with E-state index in [9.17, 15) is 0 Å². The van der Waals surface area contributed by atoms with E-state index in [1.54, 1.807) is 11.1 Å². The van der Waals surface area contributed by atoms with Gasteiger partial charge in [-0.15, -0.1) is 0 Å². The van der Waals surface area contributed by atoms with Crippen molar-refractivity contribution < 1.29 is 0 Å². The molecule has 1 heterocycles. The Labute approximate surface area is 127 Å². The van der Waals surface area contributed by atoms with Gasteiger partial charge in [0.25, 0.3) is 0 Å². The van der Waals surface area contributed by atoms with Crippen molar-refractivity contribution in [2.45, 2.75) is 67.9 Å². The molecule has 0 fully saturated rings. The van der Waals surface area contributed by atoms with Crippen LogP contribution in [-0.4, -0.2) is 18.0 Å². The second-order valence-corrected chi connectivity index (χ2v) is 5.21. The Bertz CT molecular complexity index is 357. The van der Waals surface area contributed by atoms with Gasteiger partial charge in [0.05, 0.1) is 0 Å². The molecule has 0 aliphatic carbocycles. The molecule has 1 heteroatoms. The lowest BCUT2D eigenvalue weighted by Gasteiger charge is -2.31. The Morgan fingerprint density at radius 1 is 1.15 bits per heavy atom. The number of fused-ring (bicyclic) bond motifs is 1. The molecule has 1 nitrogen and oxygen atoms in total. The SMILES string of the molecule is CC.CC.CCC(C)CN1CCc2c(C)cccc2C1. The maximum Gasteiger partial charge on any atom is 0.0236 e. The quantitative estimate of drug-likeness (QED) is 0.710. The van der Waals surface area contributed by atoms with Gasteiger partial charge in [-0.2, -0.15) is 0 Å². The van der Waals surface area contributed by atoms with Crippen LogP contribution in [0.25, 0.3) is 0 Å². The fraction of sp³-hybridized carbons (Fsp3) is 0.684. The predicted octanol–water partition coefficient (Wildman–Crippen LogP) is 5.45. The van der Waals surface area contributed by atoms with Gasteiger partial charge < -0.3 is 0 Å². The molecule has 0 saturated carbocycles. The molecule has 0 amide bonds. The number of nitrogens with zero attached hydrogens (tertiary/aromatic N) is 1. The zero-order valence-electron chi connectivity index (χ0n) is 14.8. The van der Waals surface area contributed by atoms with E-state index in [0.29, 0.717) is 0 Å². The van der Waals surface area contributed by atoms with Crippen molar-refractivity contribution in [2.75, 3.05) is 13.1 Å². The molecule has 2 rings (SSSR count). The van der Waals surface area contributed by atoms with Crippen molar-refractivity contribution in [3.8, 4) is 0 Å². The van der Waals surface area contributed by atoms with Crippen LogP contribution in [0.4, 0.5) is 0 Å². The van der Waals surface area contributed by atoms with E-state index in [-0.39, 0.29) is 0 Å². The van der Waals surface area contributed by atoms with Crippen molar-refractivity contribution in [3.05, 3.63) is 34.9 Å². The minimum Gasteiger partial charge on any atom is -0.298 e. The lowest BCUT2D eigenvalue weighted by molar-refractivity contribution is 0.217. The molecule has 0 spiro atoms. The van der Waals surface area contributed by atoms with Crippen LogP contribution >= 0.6 is 0 Å². The molecule has 116 valence electrons. The largest absolute Gasteiger partial charge is 0.298 e. The summed E-state index contributed by atoms with van der Waals surface area (Å²) in [4.78, 5) is 2.61. The highest BCUT2D eigenvalue weighted by Gasteiger charge is 2.18. The van der Waals surface area contributed by atoms with Gasteiger partial charge in [0.1, 0.15) is 0 Å². The Kier molecular flexibility index (Phi) is 10.5. The van der Waals surface area contributed by atoms with Gasteiger partial charge in [0.2, 0.25) is 0 Å². The molecule has 0 N–H and O–H groups in total. The first-order valence-corrected chi connectivity index (χ1v) is 8.50. The van der Waals surface area contributed by atoms with E-state index in [2.05, 4.69) is 43.9 Å². The average molecular weight is 277 g/mol. The first kappa shape index (κ1) is 19.2. The van der Waals surface area contributed by atoms with Gasteiger partial charge >= 0.3 is 0 Å².